The van der Waals surface area contributed by atoms with Crippen LogP contribution in [0.5, 0.6) is 5.75 Å². The predicted molar refractivity (Wildman–Crippen MR) is 90.1 cm³/mol. The van der Waals surface area contributed by atoms with Crippen LogP contribution in [0.4, 0.5) is 11.4 Å². The minimum absolute atomic E-state index is 0.0113. The van der Waals surface area contributed by atoms with E-state index in [2.05, 4.69) is 10.6 Å². The molecule has 4 nitrogen and oxygen atoms in total. The molecular formula is C18H22N2O2. The largest absolute Gasteiger partial charge is 0.508 e. The molecule has 0 saturated carbocycles. The van der Waals surface area contributed by atoms with Gasteiger partial charge in [0.25, 0.3) is 0 Å². The topological polar surface area (TPSA) is 61.4 Å². The molecule has 0 spiro atoms. The third-order valence-electron chi connectivity index (χ3n) is 3.41. The van der Waals surface area contributed by atoms with E-state index < -0.39 is 0 Å². The van der Waals surface area contributed by atoms with E-state index in [4.69, 9.17) is 0 Å². The van der Waals surface area contributed by atoms with Crippen molar-refractivity contribution < 1.29 is 9.90 Å². The van der Waals surface area contributed by atoms with Gasteiger partial charge in [-0.05, 0) is 43.7 Å². The van der Waals surface area contributed by atoms with Crippen molar-refractivity contribution in [3.8, 4) is 5.75 Å². The first-order chi connectivity index (χ1) is 10.6. The molecule has 1 unspecified atom stereocenters. The maximum Gasteiger partial charge on any atom is 0.224 e. The van der Waals surface area contributed by atoms with E-state index in [1.54, 1.807) is 12.1 Å². The van der Waals surface area contributed by atoms with Crippen LogP contribution in [0, 0.1) is 0 Å². The zero-order chi connectivity index (χ0) is 15.9. The molecule has 2 aromatic carbocycles. The highest BCUT2D eigenvalue weighted by molar-refractivity contribution is 5.90. The van der Waals surface area contributed by atoms with Crippen molar-refractivity contribution in [3.63, 3.8) is 0 Å². The van der Waals surface area contributed by atoms with E-state index in [0.29, 0.717) is 12.1 Å². The number of hydrogen-bond donors (Lipinski definition) is 3. The van der Waals surface area contributed by atoms with E-state index in [0.717, 1.165) is 17.7 Å². The van der Waals surface area contributed by atoms with Crippen molar-refractivity contribution in [2.75, 3.05) is 10.6 Å². The number of benzene rings is 2. The SMILES string of the molecule is CCCC(=O)Nc1ccc(O)c(C(C)Nc2ccccc2)c1. The van der Waals surface area contributed by atoms with Crippen LogP contribution in [0.15, 0.2) is 48.5 Å². The van der Waals surface area contributed by atoms with E-state index in [1.807, 2.05) is 50.2 Å². The van der Waals surface area contributed by atoms with Crippen LogP contribution in [0.3, 0.4) is 0 Å². The average Bonchev–Trinajstić information content (AvgIpc) is 2.50. The van der Waals surface area contributed by atoms with Crippen molar-refractivity contribution in [2.24, 2.45) is 0 Å². The summed E-state index contributed by atoms with van der Waals surface area (Å²) in [6, 6.07) is 14.9. The molecular weight excluding hydrogens is 276 g/mol. The van der Waals surface area contributed by atoms with Gasteiger partial charge in [0.1, 0.15) is 5.75 Å². The highest BCUT2D eigenvalue weighted by Gasteiger charge is 2.12. The van der Waals surface area contributed by atoms with Crippen molar-refractivity contribution in [2.45, 2.75) is 32.7 Å². The molecule has 2 rings (SSSR count). The molecule has 0 bridgehead atoms. The smallest absolute Gasteiger partial charge is 0.224 e. The Balaban J connectivity index is 2.13. The molecule has 1 atom stereocenters. The first kappa shape index (κ1) is 15.9. The fourth-order valence-electron chi connectivity index (χ4n) is 2.29. The zero-order valence-electron chi connectivity index (χ0n) is 13.0. The Bertz CT molecular complexity index is 626. The molecule has 116 valence electrons. The molecule has 0 radical (unpaired) electrons. The Hall–Kier alpha value is -2.49. The normalized spacial score (nSPS) is 11.7. The monoisotopic (exact) mass is 298 g/mol. The van der Waals surface area contributed by atoms with Crippen LogP contribution in [0.2, 0.25) is 0 Å². The first-order valence-electron chi connectivity index (χ1n) is 7.54. The van der Waals surface area contributed by atoms with Crippen molar-refractivity contribution in [3.05, 3.63) is 54.1 Å². The van der Waals surface area contributed by atoms with Gasteiger partial charge in [0.05, 0.1) is 6.04 Å². The number of aromatic hydroxyl groups is 1. The summed E-state index contributed by atoms with van der Waals surface area (Å²) in [5.41, 5.74) is 2.43. The summed E-state index contributed by atoms with van der Waals surface area (Å²) in [6.45, 7) is 3.94. The second-order valence-electron chi connectivity index (χ2n) is 5.30. The summed E-state index contributed by atoms with van der Waals surface area (Å²) in [6.07, 6.45) is 1.30. The molecule has 22 heavy (non-hydrogen) atoms. The molecule has 0 aliphatic heterocycles. The second kappa shape index (κ2) is 7.50. The molecule has 0 heterocycles. The summed E-state index contributed by atoms with van der Waals surface area (Å²) in [7, 11) is 0. The Kier molecular flexibility index (Phi) is 5.42. The fourth-order valence-corrected chi connectivity index (χ4v) is 2.29. The van der Waals surface area contributed by atoms with Gasteiger partial charge < -0.3 is 15.7 Å². The predicted octanol–water partition coefficient (Wildman–Crippen LogP) is 4.30. The van der Waals surface area contributed by atoms with Crippen molar-refractivity contribution in [1.29, 1.82) is 0 Å². The highest BCUT2D eigenvalue weighted by atomic mass is 16.3. The maximum absolute atomic E-state index is 11.7. The summed E-state index contributed by atoms with van der Waals surface area (Å²) in [4.78, 5) is 11.7. The Morgan fingerprint density at radius 2 is 1.86 bits per heavy atom. The third kappa shape index (κ3) is 4.25. The number of carbonyl (C=O) groups is 1. The lowest BCUT2D eigenvalue weighted by molar-refractivity contribution is -0.116. The van der Waals surface area contributed by atoms with E-state index in [-0.39, 0.29) is 17.7 Å². The second-order valence-corrected chi connectivity index (χ2v) is 5.30. The van der Waals surface area contributed by atoms with E-state index in [9.17, 15) is 9.90 Å². The quantitative estimate of drug-likeness (QED) is 0.697. The lowest BCUT2D eigenvalue weighted by atomic mass is 10.1. The Labute approximate surface area is 131 Å². The minimum atomic E-state index is -0.0783. The van der Waals surface area contributed by atoms with Crippen LogP contribution in [0.1, 0.15) is 38.3 Å². The standard InChI is InChI=1S/C18H22N2O2/c1-3-7-18(22)20-15-10-11-17(21)16(12-15)13(2)19-14-8-5-4-6-9-14/h4-6,8-13,19,21H,3,7H2,1-2H3,(H,20,22). The van der Waals surface area contributed by atoms with Gasteiger partial charge in [-0.15, -0.1) is 0 Å². The molecule has 1 amide bonds. The molecule has 4 heteroatoms. The first-order valence-corrected chi connectivity index (χ1v) is 7.54. The Morgan fingerprint density at radius 3 is 2.55 bits per heavy atom. The van der Waals surface area contributed by atoms with Gasteiger partial charge >= 0.3 is 0 Å². The third-order valence-corrected chi connectivity index (χ3v) is 3.41. The summed E-state index contributed by atoms with van der Waals surface area (Å²) < 4.78 is 0. The van der Waals surface area contributed by atoms with Gasteiger partial charge in [-0.3, -0.25) is 4.79 Å². The van der Waals surface area contributed by atoms with Crippen LogP contribution < -0.4 is 10.6 Å². The number of phenols is 1. The van der Waals surface area contributed by atoms with Gasteiger partial charge in [-0.1, -0.05) is 25.1 Å². The molecule has 3 N–H and O–H groups in total. The number of phenolic OH excluding ortho intramolecular Hbond substituents is 1. The average molecular weight is 298 g/mol. The molecule has 0 aliphatic carbocycles. The van der Waals surface area contributed by atoms with Crippen LogP contribution in [-0.2, 0) is 4.79 Å². The van der Waals surface area contributed by atoms with Gasteiger partial charge in [0, 0.05) is 23.4 Å². The van der Waals surface area contributed by atoms with Crippen LogP contribution in [0.25, 0.3) is 0 Å². The van der Waals surface area contributed by atoms with E-state index >= 15 is 0 Å². The number of para-hydroxylation sites is 1. The van der Waals surface area contributed by atoms with Gasteiger partial charge in [-0.25, -0.2) is 0 Å². The minimum Gasteiger partial charge on any atom is -0.508 e. The molecule has 0 aliphatic rings. The molecule has 0 saturated heterocycles. The number of rotatable bonds is 6. The number of amides is 1. The Morgan fingerprint density at radius 1 is 1.14 bits per heavy atom. The molecule has 0 fully saturated rings. The van der Waals surface area contributed by atoms with Crippen molar-refractivity contribution >= 4 is 17.3 Å². The van der Waals surface area contributed by atoms with Gasteiger partial charge in [0.15, 0.2) is 0 Å². The number of carbonyl (C=O) groups excluding carboxylic acids is 1. The maximum atomic E-state index is 11.7. The zero-order valence-corrected chi connectivity index (χ0v) is 13.0. The number of hydrogen-bond acceptors (Lipinski definition) is 3. The fraction of sp³-hybridized carbons (Fsp3) is 0.278. The summed E-state index contributed by atoms with van der Waals surface area (Å²) >= 11 is 0. The highest BCUT2D eigenvalue weighted by Crippen LogP contribution is 2.29. The number of nitrogens with one attached hydrogen (secondary N) is 2. The lowest BCUT2D eigenvalue weighted by Gasteiger charge is -2.18. The van der Waals surface area contributed by atoms with Crippen molar-refractivity contribution in [1.82, 2.24) is 0 Å². The van der Waals surface area contributed by atoms with E-state index in [1.165, 1.54) is 0 Å². The van der Waals surface area contributed by atoms with Crippen LogP contribution >= 0.6 is 0 Å². The lowest BCUT2D eigenvalue weighted by Crippen LogP contribution is -2.12. The summed E-state index contributed by atoms with van der Waals surface area (Å²) in [5, 5.41) is 16.3. The number of anilines is 2. The summed E-state index contributed by atoms with van der Waals surface area (Å²) in [5.74, 6) is 0.201. The van der Waals surface area contributed by atoms with Crippen LogP contribution in [-0.4, -0.2) is 11.0 Å². The van der Waals surface area contributed by atoms with Gasteiger partial charge in [0.2, 0.25) is 5.91 Å². The molecule has 0 aromatic heterocycles. The molecule has 2 aromatic rings. The van der Waals surface area contributed by atoms with Gasteiger partial charge in [-0.2, -0.15) is 0 Å².